The van der Waals surface area contributed by atoms with Crippen LogP contribution in [0.2, 0.25) is 0 Å². The fourth-order valence-electron chi connectivity index (χ4n) is 2.26. The molecule has 0 aromatic heterocycles. The average Bonchev–Trinajstić information content (AvgIpc) is 2.34. The Bertz CT molecular complexity index is 402. The van der Waals surface area contributed by atoms with Crippen LogP contribution < -0.4 is 0 Å². The van der Waals surface area contributed by atoms with Gasteiger partial charge in [-0.15, -0.1) is 5.92 Å². The first-order chi connectivity index (χ1) is 7.78. The molecule has 85 valence electrons. The molecule has 0 aliphatic rings. The molecule has 0 atom stereocenters. The molecule has 1 rings (SSSR count). The predicted molar refractivity (Wildman–Crippen MR) is 71.4 cm³/mol. The Morgan fingerprint density at radius 3 is 1.94 bits per heavy atom. The average molecular weight is 213 g/mol. The van der Waals surface area contributed by atoms with E-state index in [0.29, 0.717) is 0 Å². The van der Waals surface area contributed by atoms with Gasteiger partial charge in [-0.3, -0.25) is 0 Å². The maximum Gasteiger partial charge on any atom is 0.0345 e. The van der Waals surface area contributed by atoms with E-state index in [1.165, 1.54) is 22.3 Å². The largest absolute Gasteiger partial charge is 0.102 e. The lowest BCUT2D eigenvalue weighted by atomic mass is 9.90. The third-order valence-electron chi connectivity index (χ3n) is 3.13. The number of hydrogen-bond acceptors (Lipinski definition) is 0. The Kier molecular flexibility index (Phi) is 5.12. The molecule has 1 radical (unpaired) electrons. The molecule has 0 spiro atoms. The van der Waals surface area contributed by atoms with Crippen molar-refractivity contribution in [1.29, 1.82) is 0 Å². The van der Waals surface area contributed by atoms with Crippen molar-refractivity contribution in [3.8, 4) is 11.8 Å². The monoisotopic (exact) mass is 213 g/mol. The zero-order valence-electron chi connectivity index (χ0n) is 10.7. The third-order valence-corrected chi connectivity index (χ3v) is 3.13. The van der Waals surface area contributed by atoms with Gasteiger partial charge in [0.15, 0.2) is 0 Å². The van der Waals surface area contributed by atoms with Gasteiger partial charge >= 0.3 is 0 Å². The van der Waals surface area contributed by atoms with E-state index in [1.54, 1.807) is 0 Å². The fourth-order valence-corrected chi connectivity index (χ4v) is 2.26. The third kappa shape index (κ3) is 2.67. The molecule has 16 heavy (non-hydrogen) atoms. The van der Waals surface area contributed by atoms with Crippen LogP contribution in [0.15, 0.2) is 12.1 Å². The predicted octanol–water partition coefficient (Wildman–Crippen LogP) is 3.75. The van der Waals surface area contributed by atoms with E-state index in [9.17, 15) is 0 Å². The molecular formula is C16H21. The number of aryl methyl sites for hydroxylation is 2. The van der Waals surface area contributed by atoms with E-state index < -0.39 is 0 Å². The highest BCUT2D eigenvalue weighted by atomic mass is 14.1. The minimum atomic E-state index is 0.851. The first-order valence-corrected chi connectivity index (χ1v) is 6.15. The van der Waals surface area contributed by atoms with E-state index in [1.807, 2.05) is 0 Å². The van der Waals surface area contributed by atoms with E-state index in [2.05, 4.69) is 51.7 Å². The highest BCUT2D eigenvalue weighted by Gasteiger charge is 2.09. The van der Waals surface area contributed by atoms with Crippen LogP contribution >= 0.6 is 0 Å². The molecule has 0 heterocycles. The van der Waals surface area contributed by atoms with Gasteiger partial charge in [-0.25, -0.2) is 0 Å². The van der Waals surface area contributed by atoms with Gasteiger partial charge in [0.25, 0.3) is 0 Å². The van der Waals surface area contributed by atoms with Crippen molar-refractivity contribution in [3.05, 3.63) is 41.3 Å². The molecule has 0 heteroatoms. The summed E-state index contributed by atoms with van der Waals surface area (Å²) >= 11 is 0. The number of hydrogen-bond donors (Lipinski definition) is 0. The maximum atomic E-state index is 3.59. The van der Waals surface area contributed by atoms with Gasteiger partial charge in [-0.1, -0.05) is 38.8 Å². The number of benzene rings is 1. The van der Waals surface area contributed by atoms with Crippen molar-refractivity contribution in [2.75, 3.05) is 0 Å². The van der Waals surface area contributed by atoms with Crippen molar-refractivity contribution in [3.63, 3.8) is 0 Å². The molecule has 0 aliphatic heterocycles. The topological polar surface area (TPSA) is 0 Å². The first-order valence-electron chi connectivity index (χ1n) is 6.15. The highest BCUT2D eigenvalue weighted by molar-refractivity contribution is 5.43. The summed E-state index contributed by atoms with van der Waals surface area (Å²) in [5, 5.41) is 0. The Morgan fingerprint density at radius 1 is 0.938 bits per heavy atom. The lowest BCUT2D eigenvalue weighted by Crippen LogP contribution is -2.02. The van der Waals surface area contributed by atoms with Crippen LogP contribution in [0.1, 0.15) is 43.0 Å². The second-order valence-electron chi connectivity index (χ2n) is 3.93. The van der Waals surface area contributed by atoms with Crippen LogP contribution in [0.4, 0.5) is 0 Å². The van der Waals surface area contributed by atoms with Crippen LogP contribution in [0.5, 0.6) is 0 Å². The van der Waals surface area contributed by atoms with Crippen LogP contribution in [0.3, 0.4) is 0 Å². The minimum Gasteiger partial charge on any atom is -0.102 e. The van der Waals surface area contributed by atoms with E-state index >= 15 is 0 Å². The summed E-state index contributed by atoms with van der Waals surface area (Å²) in [7, 11) is 0. The molecular weight excluding hydrogens is 192 g/mol. The molecule has 1 aromatic carbocycles. The summed E-state index contributed by atoms with van der Waals surface area (Å²) in [5.74, 6) is 5.86. The normalized spacial score (nSPS) is 9.75. The molecule has 0 saturated heterocycles. The van der Waals surface area contributed by atoms with Gasteiger partial charge in [0.05, 0.1) is 0 Å². The molecule has 1 aromatic rings. The van der Waals surface area contributed by atoms with Crippen LogP contribution in [0.25, 0.3) is 0 Å². The molecule has 0 aliphatic carbocycles. The van der Waals surface area contributed by atoms with Crippen LogP contribution in [-0.4, -0.2) is 0 Å². The van der Waals surface area contributed by atoms with E-state index in [0.717, 1.165) is 25.7 Å². The zero-order valence-corrected chi connectivity index (χ0v) is 10.7. The second-order valence-corrected chi connectivity index (χ2v) is 3.93. The van der Waals surface area contributed by atoms with E-state index in [-0.39, 0.29) is 0 Å². The summed E-state index contributed by atoms with van der Waals surface area (Å²) in [6, 6.07) is 4.54. The van der Waals surface area contributed by atoms with Gasteiger partial charge < -0.3 is 0 Å². The molecule has 0 nitrogen and oxygen atoms in total. The highest BCUT2D eigenvalue weighted by Crippen LogP contribution is 2.22. The summed E-state index contributed by atoms with van der Waals surface area (Å²) in [4.78, 5) is 0. The molecule has 0 saturated carbocycles. The molecule has 0 bridgehead atoms. The first kappa shape index (κ1) is 12.8. The Hall–Kier alpha value is -1.22. The van der Waals surface area contributed by atoms with Gasteiger partial charge in [-0.05, 0) is 41.5 Å². The summed E-state index contributed by atoms with van der Waals surface area (Å²) in [5.41, 5.74) is 5.86. The minimum absolute atomic E-state index is 0.851. The van der Waals surface area contributed by atoms with Crippen molar-refractivity contribution >= 4 is 0 Å². The molecule has 0 fully saturated rings. The Morgan fingerprint density at radius 2 is 1.50 bits per heavy atom. The SMILES string of the molecule is [CH2]C#CCc1c(CC)ccc(CC)c1CC. The van der Waals surface area contributed by atoms with Crippen molar-refractivity contribution < 1.29 is 0 Å². The quantitative estimate of drug-likeness (QED) is 0.668. The lowest BCUT2D eigenvalue weighted by Gasteiger charge is -2.15. The summed E-state index contributed by atoms with van der Waals surface area (Å²) < 4.78 is 0. The number of rotatable bonds is 4. The van der Waals surface area contributed by atoms with Crippen LogP contribution in [0, 0.1) is 18.8 Å². The van der Waals surface area contributed by atoms with Crippen LogP contribution in [-0.2, 0) is 25.7 Å². The van der Waals surface area contributed by atoms with Gasteiger partial charge in [0.2, 0.25) is 0 Å². The van der Waals surface area contributed by atoms with E-state index in [4.69, 9.17) is 0 Å². The maximum absolute atomic E-state index is 3.59. The molecule has 0 N–H and O–H groups in total. The Labute approximate surface area is 100 Å². The van der Waals surface area contributed by atoms with Gasteiger partial charge in [-0.2, -0.15) is 0 Å². The van der Waals surface area contributed by atoms with Crippen molar-refractivity contribution in [2.45, 2.75) is 46.5 Å². The second kappa shape index (κ2) is 6.38. The van der Waals surface area contributed by atoms with Crippen molar-refractivity contribution in [1.82, 2.24) is 0 Å². The standard InChI is InChI=1S/C16H21/c1-5-9-10-16-14(7-3)12-11-13(6-2)15(16)8-4/h11-12H,1,6-8,10H2,2-4H3. The molecule has 0 unspecified atom stereocenters. The van der Waals surface area contributed by atoms with Crippen molar-refractivity contribution in [2.24, 2.45) is 0 Å². The molecule has 0 amide bonds. The smallest absolute Gasteiger partial charge is 0.0345 e. The summed E-state index contributed by atoms with van der Waals surface area (Å²) in [6.07, 6.45) is 4.15. The lowest BCUT2D eigenvalue weighted by molar-refractivity contribution is 0.972. The fraction of sp³-hybridized carbons (Fsp3) is 0.438. The zero-order chi connectivity index (χ0) is 12.0. The Balaban J connectivity index is 3.28. The van der Waals surface area contributed by atoms with Gasteiger partial charge in [0.1, 0.15) is 0 Å². The summed E-state index contributed by atoms with van der Waals surface area (Å²) in [6.45, 7) is 10.3. The van der Waals surface area contributed by atoms with Gasteiger partial charge in [0, 0.05) is 13.3 Å².